The normalized spacial score (nSPS) is 43.0. The molecule has 0 spiro atoms. The number of morpholine rings is 1. The molecule has 1 heterocycles. The molecule has 1 saturated heterocycles. The first-order chi connectivity index (χ1) is 9.72. The number of carbonyl (C=O) groups is 1. The molecule has 1 N–H and O–H groups in total. The summed E-state index contributed by atoms with van der Waals surface area (Å²) in [5.74, 6) is 3.08. The average Bonchev–Trinajstić information content (AvgIpc) is 2.44. The molecule has 0 atom stereocenters. The van der Waals surface area contributed by atoms with Crippen LogP contribution in [-0.4, -0.2) is 49.2 Å². The van der Waals surface area contributed by atoms with E-state index >= 15 is 0 Å². The number of hydrogen-bond donors (Lipinski definition) is 1. The quantitative estimate of drug-likeness (QED) is 0.848. The molecule has 112 valence electrons. The maximum absolute atomic E-state index is 12.3. The fourth-order valence-corrected chi connectivity index (χ4v) is 5.51. The van der Waals surface area contributed by atoms with Crippen LogP contribution in [0.25, 0.3) is 0 Å². The monoisotopic (exact) mass is 278 g/mol. The second-order valence-corrected chi connectivity index (χ2v) is 7.54. The molecule has 0 aromatic carbocycles. The van der Waals surface area contributed by atoms with Gasteiger partial charge in [-0.1, -0.05) is 0 Å². The van der Waals surface area contributed by atoms with E-state index in [0.29, 0.717) is 25.3 Å². The molecule has 4 bridgehead atoms. The van der Waals surface area contributed by atoms with Gasteiger partial charge in [-0.05, 0) is 56.3 Å². The Morgan fingerprint density at radius 1 is 1.05 bits per heavy atom. The van der Waals surface area contributed by atoms with E-state index in [1.807, 2.05) is 4.90 Å². The summed E-state index contributed by atoms with van der Waals surface area (Å²) >= 11 is 0. The SMILES string of the molecule is O=C(CNC12CC3CC(CC(C3)C1)C2)N1CCOCC1. The van der Waals surface area contributed by atoms with E-state index in [9.17, 15) is 4.79 Å². The van der Waals surface area contributed by atoms with E-state index in [-0.39, 0.29) is 5.91 Å². The van der Waals surface area contributed by atoms with Crippen LogP contribution in [0.15, 0.2) is 0 Å². The highest BCUT2D eigenvalue weighted by Crippen LogP contribution is 2.55. The van der Waals surface area contributed by atoms with Gasteiger partial charge in [-0.3, -0.25) is 4.79 Å². The summed E-state index contributed by atoms with van der Waals surface area (Å²) in [5, 5.41) is 3.69. The van der Waals surface area contributed by atoms with Crippen LogP contribution >= 0.6 is 0 Å². The second-order valence-electron chi connectivity index (χ2n) is 7.54. The minimum Gasteiger partial charge on any atom is -0.378 e. The summed E-state index contributed by atoms with van der Waals surface area (Å²) in [5.41, 5.74) is 0.302. The van der Waals surface area contributed by atoms with Crippen molar-refractivity contribution in [2.75, 3.05) is 32.8 Å². The van der Waals surface area contributed by atoms with Gasteiger partial charge in [0.25, 0.3) is 0 Å². The van der Waals surface area contributed by atoms with Crippen LogP contribution in [0, 0.1) is 17.8 Å². The van der Waals surface area contributed by atoms with Gasteiger partial charge < -0.3 is 15.0 Å². The summed E-state index contributed by atoms with van der Waals surface area (Å²) in [6.45, 7) is 3.46. The summed E-state index contributed by atoms with van der Waals surface area (Å²) < 4.78 is 5.31. The Labute approximate surface area is 121 Å². The third kappa shape index (κ3) is 2.37. The van der Waals surface area contributed by atoms with Crippen molar-refractivity contribution >= 4 is 5.91 Å². The Morgan fingerprint density at radius 2 is 1.60 bits per heavy atom. The Morgan fingerprint density at radius 3 is 2.15 bits per heavy atom. The zero-order valence-electron chi connectivity index (χ0n) is 12.3. The van der Waals surface area contributed by atoms with Crippen LogP contribution in [0.2, 0.25) is 0 Å². The van der Waals surface area contributed by atoms with E-state index in [4.69, 9.17) is 4.74 Å². The maximum atomic E-state index is 12.3. The first kappa shape index (κ1) is 13.1. The first-order valence-electron chi connectivity index (χ1n) is 8.33. The van der Waals surface area contributed by atoms with Crippen molar-refractivity contribution in [1.29, 1.82) is 0 Å². The molecule has 1 amide bonds. The first-order valence-corrected chi connectivity index (χ1v) is 8.33. The lowest BCUT2D eigenvalue weighted by Gasteiger charge is -2.57. The molecular weight excluding hydrogens is 252 g/mol. The lowest BCUT2D eigenvalue weighted by atomic mass is 9.53. The maximum Gasteiger partial charge on any atom is 0.236 e. The predicted molar refractivity (Wildman–Crippen MR) is 76.3 cm³/mol. The molecule has 4 nitrogen and oxygen atoms in total. The second kappa shape index (κ2) is 4.99. The van der Waals surface area contributed by atoms with E-state index in [0.717, 1.165) is 30.8 Å². The van der Waals surface area contributed by atoms with Crippen LogP contribution in [0.4, 0.5) is 0 Å². The van der Waals surface area contributed by atoms with Crippen molar-refractivity contribution in [2.24, 2.45) is 17.8 Å². The summed E-state index contributed by atoms with van der Waals surface area (Å²) in [4.78, 5) is 14.3. The van der Waals surface area contributed by atoms with Gasteiger partial charge in [-0.15, -0.1) is 0 Å². The Hall–Kier alpha value is -0.610. The zero-order valence-corrected chi connectivity index (χ0v) is 12.3. The van der Waals surface area contributed by atoms with Gasteiger partial charge in [-0.2, -0.15) is 0 Å². The van der Waals surface area contributed by atoms with Gasteiger partial charge in [0.15, 0.2) is 0 Å². The van der Waals surface area contributed by atoms with Gasteiger partial charge in [0.2, 0.25) is 5.91 Å². The highest BCUT2D eigenvalue weighted by atomic mass is 16.5. The molecule has 0 unspecified atom stereocenters. The van der Waals surface area contributed by atoms with E-state index in [1.165, 1.54) is 38.5 Å². The number of rotatable bonds is 3. The highest BCUT2D eigenvalue weighted by molar-refractivity contribution is 5.78. The lowest BCUT2D eigenvalue weighted by molar-refractivity contribution is -0.135. The van der Waals surface area contributed by atoms with Crippen LogP contribution in [0.5, 0.6) is 0 Å². The minimum atomic E-state index is 0.268. The summed E-state index contributed by atoms with van der Waals surface area (Å²) in [7, 11) is 0. The van der Waals surface area contributed by atoms with Crippen LogP contribution in [0.3, 0.4) is 0 Å². The van der Waals surface area contributed by atoms with Crippen molar-refractivity contribution in [1.82, 2.24) is 10.2 Å². The number of nitrogens with one attached hydrogen (secondary N) is 1. The van der Waals surface area contributed by atoms with Gasteiger partial charge in [0.1, 0.15) is 0 Å². The van der Waals surface area contributed by atoms with Gasteiger partial charge >= 0.3 is 0 Å². The standard InChI is InChI=1S/C16H26N2O2/c19-15(18-1-3-20-4-2-18)11-17-16-8-12-5-13(9-16)7-14(6-12)10-16/h12-14,17H,1-11H2. The van der Waals surface area contributed by atoms with Crippen molar-refractivity contribution < 1.29 is 9.53 Å². The fourth-order valence-electron chi connectivity index (χ4n) is 5.51. The van der Waals surface area contributed by atoms with E-state index in [1.54, 1.807) is 0 Å². The molecular formula is C16H26N2O2. The Bertz CT molecular complexity index is 355. The summed E-state index contributed by atoms with van der Waals surface area (Å²) in [6.07, 6.45) is 8.31. The zero-order chi connectivity index (χ0) is 13.6. The minimum absolute atomic E-state index is 0.268. The van der Waals surface area contributed by atoms with Gasteiger partial charge in [0.05, 0.1) is 19.8 Å². The Kier molecular flexibility index (Phi) is 3.26. The molecule has 0 aromatic heterocycles. The Balaban J connectivity index is 1.36. The summed E-state index contributed by atoms with van der Waals surface area (Å²) in [6, 6.07) is 0. The smallest absolute Gasteiger partial charge is 0.236 e. The molecule has 5 fully saturated rings. The van der Waals surface area contributed by atoms with Crippen molar-refractivity contribution in [3.8, 4) is 0 Å². The molecule has 4 heteroatoms. The molecule has 4 saturated carbocycles. The van der Waals surface area contributed by atoms with Crippen molar-refractivity contribution in [3.05, 3.63) is 0 Å². The third-order valence-electron chi connectivity index (χ3n) is 6.02. The number of hydrogen-bond acceptors (Lipinski definition) is 3. The molecule has 1 aliphatic heterocycles. The highest BCUT2D eigenvalue weighted by Gasteiger charge is 2.50. The van der Waals surface area contributed by atoms with E-state index in [2.05, 4.69) is 5.32 Å². The molecule has 5 rings (SSSR count). The topological polar surface area (TPSA) is 41.6 Å². The fraction of sp³-hybridized carbons (Fsp3) is 0.938. The average molecular weight is 278 g/mol. The van der Waals surface area contributed by atoms with Crippen LogP contribution in [-0.2, 0) is 9.53 Å². The number of carbonyl (C=O) groups excluding carboxylic acids is 1. The predicted octanol–water partition coefficient (Wildman–Crippen LogP) is 1.40. The molecule has 0 radical (unpaired) electrons. The van der Waals surface area contributed by atoms with Gasteiger partial charge in [0, 0.05) is 18.6 Å². The number of nitrogens with zero attached hydrogens (tertiary/aromatic N) is 1. The van der Waals surface area contributed by atoms with Crippen LogP contribution < -0.4 is 5.32 Å². The largest absolute Gasteiger partial charge is 0.378 e. The molecule has 4 aliphatic carbocycles. The molecule has 0 aromatic rings. The lowest BCUT2D eigenvalue weighted by Crippen LogP contribution is -2.60. The van der Waals surface area contributed by atoms with E-state index < -0.39 is 0 Å². The number of ether oxygens (including phenoxy) is 1. The third-order valence-corrected chi connectivity index (χ3v) is 6.02. The van der Waals surface area contributed by atoms with Crippen molar-refractivity contribution in [3.63, 3.8) is 0 Å². The van der Waals surface area contributed by atoms with Crippen molar-refractivity contribution in [2.45, 2.75) is 44.1 Å². The van der Waals surface area contributed by atoms with Crippen LogP contribution in [0.1, 0.15) is 38.5 Å². The van der Waals surface area contributed by atoms with Gasteiger partial charge in [-0.25, -0.2) is 0 Å². The molecule has 20 heavy (non-hydrogen) atoms. The molecule has 5 aliphatic rings. The number of amides is 1.